The van der Waals surface area contributed by atoms with Gasteiger partial charge in [-0.3, -0.25) is 0 Å². The highest BCUT2D eigenvalue weighted by atomic mass is 79.9. The Bertz CT molecular complexity index is 643. The van der Waals surface area contributed by atoms with Crippen LogP contribution < -0.4 is 4.74 Å². The fourth-order valence-electron chi connectivity index (χ4n) is 1.72. The molecule has 0 aliphatic rings. The quantitative estimate of drug-likeness (QED) is 0.809. The third kappa shape index (κ3) is 4.76. The van der Waals surface area contributed by atoms with Gasteiger partial charge in [-0.1, -0.05) is 40.2 Å². The second kappa shape index (κ2) is 7.09. The van der Waals surface area contributed by atoms with E-state index < -0.39 is 5.97 Å². The molecule has 1 N–H and O–H groups in total. The van der Waals surface area contributed by atoms with Crippen LogP contribution in [0.3, 0.4) is 0 Å². The summed E-state index contributed by atoms with van der Waals surface area (Å²) in [4.78, 5) is 10.8. The molecule has 21 heavy (non-hydrogen) atoms. The summed E-state index contributed by atoms with van der Waals surface area (Å²) in [6.45, 7) is 2.07. The van der Waals surface area contributed by atoms with E-state index in [0.29, 0.717) is 12.2 Å². The van der Waals surface area contributed by atoms with Gasteiger partial charge in [0.25, 0.3) is 0 Å². The van der Waals surface area contributed by atoms with Crippen molar-refractivity contribution in [3.8, 4) is 5.75 Å². The average molecular weight is 347 g/mol. The Labute approximate surface area is 132 Å². The van der Waals surface area contributed by atoms with Crippen molar-refractivity contribution in [1.82, 2.24) is 0 Å². The van der Waals surface area contributed by atoms with E-state index in [1.807, 2.05) is 48.5 Å². The van der Waals surface area contributed by atoms with Crippen molar-refractivity contribution in [2.24, 2.45) is 0 Å². The second-order valence-corrected chi connectivity index (χ2v) is 5.53. The van der Waals surface area contributed by atoms with E-state index in [9.17, 15) is 4.79 Å². The number of hydrogen-bond donors (Lipinski definition) is 1. The zero-order chi connectivity index (χ0) is 15.2. The van der Waals surface area contributed by atoms with Gasteiger partial charge in [-0.25, -0.2) is 4.79 Å². The van der Waals surface area contributed by atoms with E-state index in [-0.39, 0.29) is 0 Å². The highest BCUT2D eigenvalue weighted by molar-refractivity contribution is 9.10. The molecule has 0 atom stereocenters. The Morgan fingerprint density at radius 3 is 2.33 bits per heavy atom. The van der Waals surface area contributed by atoms with Crippen LogP contribution in [0.2, 0.25) is 0 Å². The third-order valence-corrected chi connectivity index (χ3v) is 3.45. The summed E-state index contributed by atoms with van der Waals surface area (Å²) < 4.78 is 6.73. The minimum absolute atomic E-state index is 0.304. The number of carboxylic acids is 1. The summed E-state index contributed by atoms with van der Waals surface area (Å²) in [5, 5.41) is 8.83. The molecule has 0 amide bonds. The minimum atomic E-state index is -0.912. The highest BCUT2D eigenvalue weighted by Crippen LogP contribution is 2.17. The SMILES string of the molecule is C/C(=C\c1ccc(OCc2ccc(Br)cc2)cc1)C(=O)O. The lowest BCUT2D eigenvalue weighted by atomic mass is 10.1. The van der Waals surface area contributed by atoms with Gasteiger partial charge in [0.2, 0.25) is 0 Å². The highest BCUT2D eigenvalue weighted by Gasteiger charge is 2.00. The monoisotopic (exact) mass is 346 g/mol. The van der Waals surface area contributed by atoms with Crippen molar-refractivity contribution in [1.29, 1.82) is 0 Å². The maximum Gasteiger partial charge on any atom is 0.331 e. The molecule has 0 aliphatic carbocycles. The van der Waals surface area contributed by atoms with E-state index in [2.05, 4.69) is 15.9 Å². The van der Waals surface area contributed by atoms with Crippen LogP contribution >= 0.6 is 15.9 Å². The van der Waals surface area contributed by atoms with Gasteiger partial charge in [0.05, 0.1) is 0 Å². The van der Waals surface area contributed by atoms with Crippen LogP contribution in [0.15, 0.2) is 58.6 Å². The second-order valence-electron chi connectivity index (χ2n) is 4.62. The van der Waals surface area contributed by atoms with Crippen molar-refractivity contribution in [2.75, 3.05) is 0 Å². The number of aliphatic carboxylic acids is 1. The molecule has 3 nitrogen and oxygen atoms in total. The molecule has 4 heteroatoms. The average Bonchev–Trinajstić information content (AvgIpc) is 2.48. The summed E-state index contributed by atoms with van der Waals surface area (Å²) >= 11 is 3.39. The van der Waals surface area contributed by atoms with Crippen LogP contribution in [0.25, 0.3) is 6.08 Å². The van der Waals surface area contributed by atoms with Gasteiger partial charge in [-0.05, 0) is 48.4 Å². The number of carbonyl (C=O) groups is 1. The Balaban J connectivity index is 1.98. The van der Waals surface area contributed by atoms with Gasteiger partial charge >= 0.3 is 5.97 Å². The lowest BCUT2D eigenvalue weighted by Gasteiger charge is -2.07. The standard InChI is InChI=1S/C17H15BrO3/c1-12(17(19)20)10-13-4-8-16(9-5-13)21-11-14-2-6-15(18)7-3-14/h2-10H,11H2,1H3,(H,19,20)/b12-10+. The molecule has 0 heterocycles. The van der Waals surface area contributed by atoms with Crippen molar-refractivity contribution < 1.29 is 14.6 Å². The summed E-state index contributed by atoms with van der Waals surface area (Å²) in [6.07, 6.45) is 1.63. The molecule has 0 aliphatic heterocycles. The lowest BCUT2D eigenvalue weighted by Crippen LogP contribution is -1.96. The first kappa shape index (κ1) is 15.3. The summed E-state index contributed by atoms with van der Waals surface area (Å²) in [5.74, 6) is -0.159. The summed E-state index contributed by atoms with van der Waals surface area (Å²) in [5.41, 5.74) is 2.23. The Morgan fingerprint density at radius 1 is 1.14 bits per heavy atom. The molecule has 0 unspecified atom stereocenters. The van der Waals surface area contributed by atoms with E-state index in [0.717, 1.165) is 21.3 Å². The van der Waals surface area contributed by atoms with Gasteiger partial charge in [0.1, 0.15) is 12.4 Å². The summed E-state index contributed by atoms with van der Waals surface area (Å²) in [7, 11) is 0. The van der Waals surface area contributed by atoms with Crippen LogP contribution in [-0.2, 0) is 11.4 Å². The van der Waals surface area contributed by atoms with E-state index in [1.165, 1.54) is 0 Å². The third-order valence-electron chi connectivity index (χ3n) is 2.92. The van der Waals surface area contributed by atoms with Gasteiger partial charge in [0, 0.05) is 10.0 Å². The van der Waals surface area contributed by atoms with Crippen molar-refractivity contribution >= 4 is 28.0 Å². The molecular weight excluding hydrogens is 332 g/mol. The van der Waals surface area contributed by atoms with Gasteiger partial charge in [-0.2, -0.15) is 0 Å². The van der Waals surface area contributed by atoms with Gasteiger partial charge in [-0.15, -0.1) is 0 Å². The number of carboxylic acid groups (broad SMARTS) is 1. The molecule has 2 aromatic carbocycles. The molecule has 0 bridgehead atoms. The first-order valence-corrected chi connectivity index (χ1v) is 7.23. The maximum atomic E-state index is 10.8. The van der Waals surface area contributed by atoms with Crippen molar-refractivity contribution in [3.63, 3.8) is 0 Å². The smallest absolute Gasteiger partial charge is 0.331 e. The number of benzene rings is 2. The van der Waals surface area contributed by atoms with Crippen LogP contribution in [0.4, 0.5) is 0 Å². The Morgan fingerprint density at radius 2 is 1.76 bits per heavy atom. The zero-order valence-electron chi connectivity index (χ0n) is 11.5. The molecule has 0 saturated heterocycles. The molecule has 2 rings (SSSR count). The maximum absolute atomic E-state index is 10.8. The number of ether oxygens (including phenoxy) is 1. The largest absolute Gasteiger partial charge is 0.489 e. The van der Waals surface area contributed by atoms with Crippen LogP contribution in [0.1, 0.15) is 18.1 Å². The molecule has 0 fully saturated rings. The van der Waals surface area contributed by atoms with E-state index >= 15 is 0 Å². The van der Waals surface area contributed by atoms with Crippen LogP contribution in [-0.4, -0.2) is 11.1 Å². The number of hydrogen-bond acceptors (Lipinski definition) is 2. The molecular formula is C17H15BrO3. The Hall–Kier alpha value is -2.07. The normalized spacial score (nSPS) is 11.2. The van der Waals surface area contributed by atoms with E-state index in [4.69, 9.17) is 9.84 Å². The molecule has 2 aromatic rings. The van der Waals surface area contributed by atoms with Gasteiger partial charge < -0.3 is 9.84 Å². The zero-order valence-corrected chi connectivity index (χ0v) is 13.1. The summed E-state index contributed by atoms with van der Waals surface area (Å²) in [6, 6.07) is 15.3. The molecule has 0 aromatic heterocycles. The lowest BCUT2D eigenvalue weighted by molar-refractivity contribution is -0.132. The fraction of sp³-hybridized carbons (Fsp3) is 0.118. The Kier molecular flexibility index (Phi) is 5.17. The molecule has 0 spiro atoms. The fourth-order valence-corrected chi connectivity index (χ4v) is 1.98. The molecule has 0 radical (unpaired) electrons. The molecule has 108 valence electrons. The predicted molar refractivity (Wildman–Crippen MR) is 86.2 cm³/mol. The first-order valence-electron chi connectivity index (χ1n) is 6.43. The van der Waals surface area contributed by atoms with E-state index in [1.54, 1.807) is 13.0 Å². The predicted octanol–water partition coefficient (Wildman–Crippen LogP) is 4.52. The van der Waals surface area contributed by atoms with Gasteiger partial charge in [0.15, 0.2) is 0 Å². The molecule has 0 saturated carbocycles. The first-order chi connectivity index (χ1) is 10.0. The van der Waals surface area contributed by atoms with Crippen molar-refractivity contribution in [2.45, 2.75) is 13.5 Å². The topological polar surface area (TPSA) is 46.5 Å². The van der Waals surface area contributed by atoms with Crippen LogP contribution in [0, 0.1) is 0 Å². The van der Waals surface area contributed by atoms with Crippen LogP contribution in [0.5, 0.6) is 5.75 Å². The van der Waals surface area contributed by atoms with Crippen molar-refractivity contribution in [3.05, 3.63) is 69.7 Å². The minimum Gasteiger partial charge on any atom is -0.489 e. The number of rotatable bonds is 5. The number of halogens is 1.